The van der Waals surface area contributed by atoms with Crippen molar-refractivity contribution in [1.82, 2.24) is 19.8 Å². The van der Waals surface area contributed by atoms with E-state index in [0.29, 0.717) is 35.0 Å². The van der Waals surface area contributed by atoms with E-state index in [2.05, 4.69) is 33.7 Å². The van der Waals surface area contributed by atoms with Crippen molar-refractivity contribution in [2.24, 2.45) is 4.99 Å². The van der Waals surface area contributed by atoms with Crippen LogP contribution in [-0.4, -0.2) is 70.6 Å². The molecule has 1 saturated heterocycles. The van der Waals surface area contributed by atoms with Gasteiger partial charge in [-0.05, 0) is 45.0 Å². The second-order valence-corrected chi connectivity index (χ2v) is 8.66. The van der Waals surface area contributed by atoms with Crippen LogP contribution in [0, 0.1) is 0 Å². The molecule has 33 heavy (non-hydrogen) atoms. The van der Waals surface area contributed by atoms with Gasteiger partial charge in [-0.15, -0.1) is 0 Å². The molecule has 2 unspecified atom stereocenters. The average Bonchev–Trinajstić information content (AvgIpc) is 3.12. The van der Waals surface area contributed by atoms with E-state index >= 15 is 0 Å². The first-order chi connectivity index (χ1) is 16.0. The summed E-state index contributed by atoms with van der Waals surface area (Å²) in [7, 11) is 2.08. The van der Waals surface area contributed by atoms with Gasteiger partial charge >= 0.3 is 0 Å². The minimum Gasteiger partial charge on any atom is -0.493 e. The maximum Gasteiger partial charge on any atom is 0.257 e. The molecule has 9 nitrogen and oxygen atoms in total. The summed E-state index contributed by atoms with van der Waals surface area (Å²) < 4.78 is 5.86. The maximum absolute atomic E-state index is 13.0. The topological polar surface area (TPSA) is 103 Å². The third-order valence-corrected chi connectivity index (χ3v) is 6.30. The Morgan fingerprint density at radius 1 is 1.24 bits per heavy atom. The van der Waals surface area contributed by atoms with Crippen molar-refractivity contribution < 1.29 is 14.9 Å². The molecule has 2 aromatic rings. The summed E-state index contributed by atoms with van der Waals surface area (Å²) in [4.78, 5) is 34.7. The van der Waals surface area contributed by atoms with Crippen molar-refractivity contribution >= 4 is 5.71 Å². The van der Waals surface area contributed by atoms with Gasteiger partial charge in [0.1, 0.15) is 11.6 Å². The lowest BCUT2D eigenvalue weighted by Gasteiger charge is -2.36. The highest BCUT2D eigenvalue weighted by Crippen LogP contribution is 2.34. The van der Waals surface area contributed by atoms with Gasteiger partial charge in [-0.2, -0.15) is 0 Å². The molecule has 0 bridgehead atoms. The quantitative estimate of drug-likeness (QED) is 0.465. The number of benzene rings is 1. The van der Waals surface area contributed by atoms with Crippen molar-refractivity contribution in [3.63, 3.8) is 0 Å². The van der Waals surface area contributed by atoms with E-state index in [4.69, 9.17) is 14.6 Å². The number of ether oxygens (including phenoxy) is 1. The van der Waals surface area contributed by atoms with Crippen LogP contribution in [0.1, 0.15) is 62.7 Å². The van der Waals surface area contributed by atoms with Gasteiger partial charge in [0.2, 0.25) is 0 Å². The molecule has 0 spiro atoms. The number of hydrogen-bond donors (Lipinski definition) is 2. The number of aromatic amines is 1. The molecule has 178 valence electrons. The van der Waals surface area contributed by atoms with E-state index < -0.39 is 6.23 Å². The highest BCUT2D eigenvalue weighted by molar-refractivity contribution is 6.02. The zero-order valence-corrected chi connectivity index (χ0v) is 19.8. The number of piperazine rings is 1. The molecule has 4 rings (SSSR count). The molecule has 1 aromatic carbocycles. The normalized spacial score (nSPS) is 19.9. The standard InChI is InChI=1S/C24H33N5O4/c1-5-7-18-21-20(15(3)25-18)23(30)27-22(26-21)17-14-16(8-9-19(17)32-6-2)24(33-31)29-12-10-28(4)11-13-29/h8-9,14-15,24,31H,5-7,10-13H2,1-4H3,(H,26,27,30). The first kappa shape index (κ1) is 23.6. The Balaban J connectivity index is 1.77. The van der Waals surface area contributed by atoms with Gasteiger partial charge < -0.3 is 14.6 Å². The monoisotopic (exact) mass is 455 g/mol. The summed E-state index contributed by atoms with van der Waals surface area (Å²) in [6.45, 7) is 9.71. The maximum atomic E-state index is 13.0. The molecular weight excluding hydrogens is 422 g/mol. The van der Waals surface area contributed by atoms with Crippen LogP contribution in [0.15, 0.2) is 28.0 Å². The fourth-order valence-corrected chi connectivity index (χ4v) is 4.56. The number of hydrogen-bond acceptors (Lipinski definition) is 8. The molecule has 1 fully saturated rings. The van der Waals surface area contributed by atoms with Crippen molar-refractivity contribution in [3.8, 4) is 17.1 Å². The van der Waals surface area contributed by atoms with Crippen molar-refractivity contribution in [2.45, 2.75) is 45.9 Å². The van der Waals surface area contributed by atoms with E-state index in [1.54, 1.807) is 0 Å². The second-order valence-electron chi connectivity index (χ2n) is 8.66. The Morgan fingerprint density at radius 3 is 2.67 bits per heavy atom. The molecule has 0 aliphatic carbocycles. The van der Waals surface area contributed by atoms with Crippen molar-refractivity contribution in [3.05, 3.63) is 45.4 Å². The summed E-state index contributed by atoms with van der Waals surface area (Å²) in [5.74, 6) is 1.04. The molecule has 0 saturated carbocycles. The van der Waals surface area contributed by atoms with Crippen molar-refractivity contribution in [2.75, 3.05) is 39.8 Å². The minimum absolute atomic E-state index is 0.181. The van der Waals surface area contributed by atoms with Crippen LogP contribution < -0.4 is 10.3 Å². The predicted octanol–water partition coefficient (Wildman–Crippen LogP) is 3.24. The van der Waals surface area contributed by atoms with Gasteiger partial charge in [0.15, 0.2) is 6.23 Å². The second kappa shape index (κ2) is 10.1. The van der Waals surface area contributed by atoms with Crippen LogP contribution in [-0.2, 0) is 4.89 Å². The van der Waals surface area contributed by atoms with Gasteiger partial charge in [0.25, 0.3) is 5.56 Å². The molecule has 2 atom stereocenters. The SMILES string of the molecule is CCCC1=NC(C)c2c1nc(-c1cc(C(OO)N3CCN(C)CC3)ccc1OCC)[nH]c2=O. The zero-order chi connectivity index (χ0) is 23.5. The smallest absolute Gasteiger partial charge is 0.257 e. The van der Waals surface area contributed by atoms with Crippen LogP contribution in [0.3, 0.4) is 0 Å². The average molecular weight is 456 g/mol. The fourth-order valence-electron chi connectivity index (χ4n) is 4.56. The van der Waals surface area contributed by atoms with Crippen molar-refractivity contribution in [1.29, 1.82) is 0 Å². The Hall–Kier alpha value is -2.59. The number of nitrogens with one attached hydrogen (secondary N) is 1. The number of rotatable bonds is 8. The molecule has 2 aliphatic rings. The first-order valence-electron chi connectivity index (χ1n) is 11.7. The number of H-pyrrole nitrogens is 1. The van der Waals surface area contributed by atoms with E-state index in [1.165, 1.54) is 0 Å². The molecule has 9 heteroatoms. The minimum atomic E-state index is -0.619. The molecule has 2 N–H and O–H groups in total. The predicted molar refractivity (Wildman–Crippen MR) is 127 cm³/mol. The van der Waals surface area contributed by atoms with Crippen LogP contribution >= 0.6 is 0 Å². The number of likely N-dealkylation sites (N-methyl/N-ethyl adjacent to an activating group) is 1. The number of aliphatic imine (C=N–C) groups is 1. The Labute approximate surface area is 194 Å². The van der Waals surface area contributed by atoms with E-state index in [-0.39, 0.29) is 11.6 Å². The highest BCUT2D eigenvalue weighted by atomic mass is 17.1. The molecule has 2 aliphatic heterocycles. The van der Waals surface area contributed by atoms with Gasteiger partial charge in [0, 0.05) is 26.2 Å². The third kappa shape index (κ3) is 4.72. The lowest BCUT2D eigenvalue weighted by atomic mass is 10.0. The highest BCUT2D eigenvalue weighted by Gasteiger charge is 2.29. The van der Waals surface area contributed by atoms with Crippen LogP contribution in [0.4, 0.5) is 0 Å². The molecule has 0 radical (unpaired) electrons. The first-order valence-corrected chi connectivity index (χ1v) is 11.7. The third-order valence-electron chi connectivity index (χ3n) is 6.30. The van der Waals surface area contributed by atoms with Crippen LogP contribution in [0.25, 0.3) is 11.4 Å². The Morgan fingerprint density at radius 2 is 2.00 bits per heavy atom. The number of nitrogens with zero attached hydrogens (tertiary/aromatic N) is 4. The number of aromatic nitrogens is 2. The van der Waals surface area contributed by atoms with E-state index in [9.17, 15) is 10.1 Å². The summed E-state index contributed by atoms with van der Waals surface area (Å²) in [5.41, 5.74) is 3.39. The van der Waals surface area contributed by atoms with Gasteiger partial charge in [0.05, 0.1) is 35.2 Å². The molecule has 3 heterocycles. The van der Waals surface area contributed by atoms with Crippen LogP contribution in [0.5, 0.6) is 5.75 Å². The summed E-state index contributed by atoms with van der Waals surface area (Å²) in [6, 6.07) is 5.40. The fraction of sp³-hybridized carbons (Fsp3) is 0.542. The van der Waals surface area contributed by atoms with Gasteiger partial charge in [-0.3, -0.25) is 14.7 Å². The largest absolute Gasteiger partial charge is 0.493 e. The molecule has 0 amide bonds. The Kier molecular flexibility index (Phi) is 7.23. The van der Waals surface area contributed by atoms with E-state index in [1.807, 2.05) is 32.0 Å². The summed E-state index contributed by atoms with van der Waals surface area (Å²) in [5, 5.41) is 9.75. The Bertz CT molecular complexity index is 1080. The van der Waals surface area contributed by atoms with Gasteiger partial charge in [-0.25, -0.2) is 15.1 Å². The number of fused-ring (bicyclic) bond motifs is 1. The van der Waals surface area contributed by atoms with E-state index in [0.717, 1.165) is 50.3 Å². The van der Waals surface area contributed by atoms with Gasteiger partial charge in [-0.1, -0.05) is 19.4 Å². The summed E-state index contributed by atoms with van der Waals surface area (Å²) in [6.07, 6.45) is 1.08. The zero-order valence-electron chi connectivity index (χ0n) is 19.8. The lowest BCUT2D eigenvalue weighted by molar-refractivity contribution is -0.319. The molecule has 1 aromatic heterocycles. The van der Waals surface area contributed by atoms with Crippen LogP contribution in [0.2, 0.25) is 0 Å². The lowest BCUT2D eigenvalue weighted by Crippen LogP contribution is -2.46. The molecular formula is C24H33N5O4. The summed E-state index contributed by atoms with van der Waals surface area (Å²) >= 11 is 0.